The molecule has 0 saturated heterocycles. The van der Waals surface area contributed by atoms with E-state index >= 15 is 0 Å². The van der Waals surface area contributed by atoms with Gasteiger partial charge in [0.05, 0.1) is 5.69 Å². The monoisotopic (exact) mass is 331 g/mol. The Labute approximate surface area is 139 Å². The Morgan fingerprint density at radius 1 is 1.33 bits per heavy atom. The van der Waals surface area contributed by atoms with Gasteiger partial charge in [-0.1, -0.05) is 6.07 Å². The van der Waals surface area contributed by atoms with Crippen LogP contribution in [0.3, 0.4) is 0 Å². The molecule has 0 bridgehead atoms. The minimum absolute atomic E-state index is 0.334. The number of aromatic nitrogens is 2. The molecule has 0 atom stereocenters. The van der Waals surface area contributed by atoms with Gasteiger partial charge in [-0.15, -0.1) is 0 Å². The maximum absolute atomic E-state index is 12.3. The van der Waals surface area contributed by atoms with Crippen LogP contribution in [0.5, 0.6) is 17.2 Å². The Balaban J connectivity index is 1.99. The average molecular weight is 331 g/mol. The first-order valence-corrected chi connectivity index (χ1v) is 7.88. The maximum atomic E-state index is 12.3. The fourth-order valence-corrected chi connectivity index (χ4v) is 2.60. The number of hydrogen-bond acceptors (Lipinski definition) is 7. The zero-order valence-corrected chi connectivity index (χ0v) is 13.5. The van der Waals surface area contributed by atoms with Gasteiger partial charge in [0.25, 0.3) is 0 Å². The fourth-order valence-electron chi connectivity index (χ4n) is 2.60. The SMILES string of the molecule is Cc1c2c(nc(=O)n1CCCN)Nc1c(OCCN)cccc1O2. The molecule has 1 aromatic heterocycles. The molecular formula is C16H21N5O3. The first-order valence-electron chi connectivity index (χ1n) is 7.88. The Bertz CT molecular complexity index is 803. The highest BCUT2D eigenvalue weighted by Gasteiger charge is 2.25. The molecule has 0 spiro atoms. The molecule has 0 saturated carbocycles. The molecule has 2 heterocycles. The molecule has 3 rings (SSSR count). The molecule has 1 aromatic carbocycles. The van der Waals surface area contributed by atoms with Crippen molar-refractivity contribution in [2.45, 2.75) is 19.9 Å². The fraction of sp³-hybridized carbons (Fsp3) is 0.375. The van der Waals surface area contributed by atoms with Gasteiger partial charge in [-0.2, -0.15) is 4.98 Å². The first-order chi connectivity index (χ1) is 11.7. The molecule has 0 radical (unpaired) electrons. The van der Waals surface area contributed by atoms with Gasteiger partial charge in [0.15, 0.2) is 17.3 Å². The normalized spacial score (nSPS) is 12.0. The number of para-hydroxylation sites is 1. The van der Waals surface area contributed by atoms with Crippen molar-refractivity contribution in [3.63, 3.8) is 0 Å². The summed E-state index contributed by atoms with van der Waals surface area (Å²) in [4.78, 5) is 16.4. The van der Waals surface area contributed by atoms with Gasteiger partial charge in [0, 0.05) is 13.1 Å². The van der Waals surface area contributed by atoms with Gasteiger partial charge >= 0.3 is 5.69 Å². The number of hydrogen-bond donors (Lipinski definition) is 3. The lowest BCUT2D eigenvalue weighted by molar-refractivity contribution is 0.327. The van der Waals surface area contributed by atoms with Gasteiger partial charge in [-0.05, 0) is 32.0 Å². The van der Waals surface area contributed by atoms with E-state index in [0.29, 0.717) is 67.1 Å². The van der Waals surface area contributed by atoms with Crippen LogP contribution in [-0.4, -0.2) is 29.2 Å². The lowest BCUT2D eigenvalue weighted by atomic mass is 10.2. The van der Waals surface area contributed by atoms with E-state index in [9.17, 15) is 4.79 Å². The van der Waals surface area contributed by atoms with Crippen molar-refractivity contribution in [1.29, 1.82) is 0 Å². The molecule has 24 heavy (non-hydrogen) atoms. The van der Waals surface area contributed by atoms with Crippen LogP contribution >= 0.6 is 0 Å². The van der Waals surface area contributed by atoms with Gasteiger partial charge < -0.3 is 26.3 Å². The number of fused-ring (bicyclic) bond motifs is 2. The number of benzene rings is 1. The Morgan fingerprint density at radius 2 is 2.17 bits per heavy atom. The molecular weight excluding hydrogens is 310 g/mol. The van der Waals surface area contributed by atoms with Crippen molar-refractivity contribution in [3.05, 3.63) is 34.4 Å². The van der Waals surface area contributed by atoms with Gasteiger partial charge in [0.2, 0.25) is 0 Å². The van der Waals surface area contributed by atoms with E-state index in [0.717, 1.165) is 0 Å². The van der Waals surface area contributed by atoms with Gasteiger partial charge in [0.1, 0.15) is 18.0 Å². The third-order valence-electron chi connectivity index (χ3n) is 3.79. The minimum Gasteiger partial charge on any atom is -0.490 e. The predicted octanol–water partition coefficient (Wildman–Crippen LogP) is 1.09. The van der Waals surface area contributed by atoms with E-state index in [1.165, 1.54) is 0 Å². The van der Waals surface area contributed by atoms with E-state index in [1.807, 2.05) is 25.1 Å². The summed E-state index contributed by atoms with van der Waals surface area (Å²) >= 11 is 0. The highest BCUT2D eigenvalue weighted by molar-refractivity contribution is 5.78. The van der Waals surface area contributed by atoms with Crippen LogP contribution in [0, 0.1) is 6.92 Å². The van der Waals surface area contributed by atoms with Crippen molar-refractivity contribution >= 4 is 11.5 Å². The van der Waals surface area contributed by atoms with Crippen molar-refractivity contribution in [2.75, 3.05) is 25.0 Å². The third kappa shape index (κ3) is 2.93. The van der Waals surface area contributed by atoms with E-state index < -0.39 is 0 Å². The molecule has 128 valence electrons. The molecule has 8 heteroatoms. The molecule has 0 amide bonds. The summed E-state index contributed by atoms with van der Waals surface area (Å²) in [6, 6.07) is 5.48. The third-order valence-corrected chi connectivity index (χ3v) is 3.79. The van der Waals surface area contributed by atoms with Crippen LogP contribution < -0.4 is 31.9 Å². The second-order valence-electron chi connectivity index (χ2n) is 5.44. The standard InChI is InChI=1S/C16H21N5O3/c1-10-14-15(20-16(22)21(10)8-3-6-17)19-13-11(23-9-7-18)4-2-5-12(13)24-14/h2,4-5H,3,6-9,17-18H2,1H3,(H,19,20,22). The second kappa shape index (κ2) is 6.90. The van der Waals surface area contributed by atoms with Crippen LogP contribution in [0.1, 0.15) is 12.1 Å². The first kappa shape index (κ1) is 16.3. The van der Waals surface area contributed by atoms with Crippen molar-refractivity contribution < 1.29 is 9.47 Å². The molecule has 1 aliphatic heterocycles. The topological polar surface area (TPSA) is 117 Å². The zero-order valence-electron chi connectivity index (χ0n) is 13.5. The van der Waals surface area contributed by atoms with Crippen LogP contribution in [-0.2, 0) is 6.54 Å². The number of nitrogens with zero attached hydrogens (tertiary/aromatic N) is 2. The lowest BCUT2D eigenvalue weighted by Gasteiger charge is -2.25. The molecule has 5 N–H and O–H groups in total. The number of nitrogens with one attached hydrogen (secondary N) is 1. The number of ether oxygens (including phenoxy) is 2. The number of nitrogens with two attached hydrogens (primary N) is 2. The average Bonchev–Trinajstić information content (AvgIpc) is 2.58. The molecule has 8 nitrogen and oxygen atoms in total. The highest BCUT2D eigenvalue weighted by Crippen LogP contribution is 2.46. The van der Waals surface area contributed by atoms with Crippen LogP contribution in [0.2, 0.25) is 0 Å². The number of rotatable bonds is 6. The Morgan fingerprint density at radius 3 is 2.92 bits per heavy atom. The Hall–Kier alpha value is -2.58. The van der Waals surface area contributed by atoms with E-state index in [-0.39, 0.29) is 5.69 Å². The number of anilines is 2. The molecule has 0 fully saturated rings. The zero-order chi connectivity index (χ0) is 17.1. The van der Waals surface area contributed by atoms with Gasteiger partial charge in [-0.25, -0.2) is 4.79 Å². The largest absolute Gasteiger partial charge is 0.490 e. The van der Waals surface area contributed by atoms with E-state index in [4.69, 9.17) is 20.9 Å². The van der Waals surface area contributed by atoms with Crippen LogP contribution in [0.4, 0.5) is 11.5 Å². The quantitative estimate of drug-likeness (QED) is 0.619. The van der Waals surface area contributed by atoms with Crippen molar-refractivity contribution in [2.24, 2.45) is 11.5 Å². The van der Waals surface area contributed by atoms with E-state index in [2.05, 4.69) is 10.3 Å². The molecule has 0 unspecified atom stereocenters. The highest BCUT2D eigenvalue weighted by atomic mass is 16.5. The molecule has 1 aliphatic rings. The Kier molecular flexibility index (Phi) is 4.68. The summed E-state index contributed by atoms with van der Waals surface area (Å²) in [6.45, 7) is 3.65. The predicted molar refractivity (Wildman–Crippen MR) is 91.3 cm³/mol. The summed E-state index contributed by atoms with van der Waals surface area (Å²) < 4.78 is 13.2. The summed E-state index contributed by atoms with van der Waals surface area (Å²) in [6.07, 6.45) is 0.697. The molecule has 2 aromatic rings. The van der Waals surface area contributed by atoms with Crippen LogP contribution in [0.25, 0.3) is 0 Å². The lowest BCUT2D eigenvalue weighted by Crippen LogP contribution is -2.28. The van der Waals surface area contributed by atoms with Crippen molar-refractivity contribution in [3.8, 4) is 17.2 Å². The smallest absolute Gasteiger partial charge is 0.349 e. The summed E-state index contributed by atoms with van der Waals surface area (Å²) in [5.74, 6) is 2.15. The summed E-state index contributed by atoms with van der Waals surface area (Å²) in [7, 11) is 0. The minimum atomic E-state index is -0.334. The van der Waals surface area contributed by atoms with E-state index in [1.54, 1.807) is 4.57 Å². The van der Waals surface area contributed by atoms with Crippen LogP contribution in [0.15, 0.2) is 23.0 Å². The summed E-state index contributed by atoms with van der Waals surface area (Å²) in [5.41, 5.74) is 12.0. The molecule has 0 aliphatic carbocycles. The second-order valence-corrected chi connectivity index (χ2v) is 5.44. The summed E-state index contributed by atoms with van der Waals surface area (Å²) in [5, 5.41) is 3.14. The van der Waals surface area contributed by atoms with Crippen molar-refractivity contribution in [1.82, 2.24) is 9.55 Å². The van der Waals surface area contributed by atoms with Gasteiger partial charge in [-0.3, -0.25) is 4.57 Å². The maximum Gasteiger partial charge on any atom is 0.349 e.